The van der Waals surface area contributed by atoms with Crippen LogP contribution in [0.4, 0.5) is 5.69 Å². The molecule has 0 bridgehead atoms. The van der Waals surface area contributed by atoms with Crippen LogP contribution < -0.4 is 15.4 Å². The lowest BCUT2D eigenvalue weighted by Gasteiger charge is -2.32. The summed E-state index contributed by atoms with van der Waals surface area (Å²) in [5, 5.41) is 8.28. The Hall–Kier alpha value is -1.85. The van der Waals surface area contributed by atoms with Gasteiger partial charge in [-0.25, -0.2) is 4.98 Å². The van der Waals surface area contributed by atoms with Crippen molar-refractivity contribution in [3.63, 3.8) is 0 Å². The molecule has 2 aromatic rings. The van der Waals surface area contributed by atoms with E-state index < -0.39 is 0 Å². The van der Waals surface area contributed by atoms with Gasteiger partial charge in [-0.15, -0.1) is 0 Å². The molecule has 1 saturated carbocycles. The molecule has 1 heterocycles. The number of halogens is 1. The summed E-state index contributed by atoms with van der Waals surface area (Å²) in [6, 6.07) is 11.8. The van der Waals surface area contributed by atoms with E-state index in [1.54, 1.807) is 13.3 Å². The number of ether oxygens (including phenoxy) is 1. The van der Waals surface area contributed by atoms with E-state index in [2.05, 4.69) is 21.7 Å². The van der Waals surface area contributed by atoms with Gasteiger partial charge >= 0.3 is 0 Å². The van der Waals surface area contributed by atoms with Crippen molar-refractivity contribution in [2.24, 2.45) is 0 Å². The van der Waals surface area contributed by atoms with Crippen LogP contribution >= 0.6 is 23.8 Å². The lowest BCUT2D eigenvalue weighted by Crippen LogP contribution is -2.48. The molecule has 0 atom stereocenters. The molecule has 1 fully saturated rings. The number of pyridine rings is 1. The molecule has 1 aromatic heterocycles. The summed E-state index contributed by atoms with van der Waals surface area (Å²) in [7, 11) is 1.60. The highest BCUT2D eigenvalue weighted by molar-refractivity contribution is 7.80. The largest absolute Gasteiger partial charge is 0.481 e. The number of thiocarbonyl (C=S) groups is 1. The van der Waals surface area contributed by atoms with E-state index in [1.807, 2.05) is 30.3 Å². The maximum Gasteiger partial charge on any atom is 0.213 e. The molecule has 1 aliphatic carbocycles. The van der Waals surface area contributed by atoms with E-state index in [4.69, 9.17) is 28.6 Å². The zero-order chi connectivity index (χ0) is 18.4. The summed E-state index contributed by atoms with van der Waals surface area (Å²) in [6.45, 7) is 0. The van der Waals surface area contributed by atoms with Crippen LogP contribution in [-0.2, 0) is 6.42 Å². The molecule has 0 amide bonds. The first-order chi connectivity index (χ1) is 12.6. The predicted molar refractivity (Wildman–Crippen MR) is 111 cm³/mol. The second kappa shape index (κ2) is 8.69. The highest BCUT2D eigenvalue weighted by Crippen LogP contribution is 2.34. The number of aromatic nitrogens is 1. The zero-order valence-electron chi connectivity index (χ0n) is 14.9. The molecule has 138 valence electrons. The van der Waals surface area contributed by atoms with Crippen LogP contribution in [0.3, 0.4) is 0 Å². The van der Waals surface area contributed by atoms with Crippen molar-refractivity contribution in [2.75, 3.05) is 12.4 Å². The Kier molecular flexibility index (Phi) is 6.33. The predicted octanol–water partition coefficient (Wildman–Crippen LogP) is 4.98. The zero-order valence-corrected chi connectivity index (χ0v) is 16.5. The molecule has 3 rings (SSSR count). The van der Waals surface area contributed by atoms with Gasteiger partial charge in [0, 0.05) is 16.6 Å². The van der Waals surface area contributed by atoms with Crippen LogP contribution in [0.2, 0.25) is 5.02 Å². The number of hydrogen-bond donors (Lipinski definition) is 2. The van der Waals surface area contributed by atoms with Crippen molar-refractivity contribution in [1.82, 2.24) is 10.3 Å². The van der Waals surface area contributed by atoms with Gasteiger partial charge in [0.25, 0.3) is 0 Å². The van der Waals surface area contributed by atoms with Gasteiger partial charge in [-0.05, 0) is 55.6 Å². The summed E-state index contributed by atoms with van der Waals surface area (Å²) in [5.74, 6) is 0.585. The third-order valence-electron chi connectivity index (χ3n) is 4.97. The molecule has 1 aromatic carbocycles. The van der Waals surface area contributed by atoms with Gasteiger partial charge in [0.15, 0.2) is 5.11 Å². The third kappa shape index (κ3) is 4.86. The number of methoxy groups -OCH3 is 1. The highest BCUT2D eigenvalue weighted by Gasteiger charge is 2.34. The summed E-state index contributed by atoms with van der Waals surface area (Å²) in [5.41, 5.74) is 2.08. The Morgan fingerprint density at radius 2 is 2.00 bits per heavy atom. The minimum Gasteiger partial charge on any atom is -0.481 e. The number of nitrogens with one attached hydrogen (secondary N) is 2. The van der Waals surface area contributed by atoms with Crippen LogP contribution in [0, 0.1) is 0 Å². The molecule has 6 heteroatoms. The fourth-order valence-corrected chi connectivity index (χ4v) is 4.11. The number of benzene rings is 1. The van der Waals surface area contributed by atoms with Crippen molar-refractivity contribution < 1.29 is 4.74 Å². The smallest absolute Gasteiger partial charge is 0.213 e. The molecule has 26 heavy (non-hydrogen) atoms. The van der Waals surface area contributed by atoms with E-state index in [9.17, 15) is 0 Å². The van der Waals surface area contributed by atoms with Crippen LogP contribution in [0.1, 0.15) is 37.7 Å². The summed E-state index contributed by atoms with van der Waals surface area (Å²) < 4.78 is 5.08. The van der Waals surface area contributed by atoms with Gasteiger partial charge in [0.2, 0.25) is 5.88 Å². The Balaban J connectivity index is 1.61. The Labute approximate surface area is 165 Å². The van der Waals surface area contributed by atoms with Gasteiger partial charge in [-0.2, -0.15) is 0 Å². The number of nitrogens with zero attached hydrogens (tertiary/aromatic N) is 1. The molecule has 0 unspecified atom stereocenters. The molecule has 0 radical (unpaired) electrons. The Morgan fingerprint density at radius 3 is 2.65 bits per heavy atom. The van der Waals surface area contributed by atoms with Crippen LogP contribution in [0.25, 0.3) is 0 Å². The van der Waals surface area contributed by atoms with E-state index in [0.717, 1.165) is 36.4 Å². The lowest BCUT2D eigenvalue weighted by atomic mass is 9.89. The van der Waals surface area contributed by atoms with Gasteiger partial charge in [0.05, 0.1) is 19.0 Å². The van der Waals surface area contributed by atoms with Crippen LogP contribution in [0.15, 0.2) is 42.6 Å². The van der Waals surface area contributed by atoms with Crippen LogP contribution in [0.5, 0.6) is 5.88 Å². The highest BCUT2D eigenvalue weighted by atomic mass is 35.5. The number of hydrogen-bond acceptors (Lipinski definition) is 3. The van der Waals surface area contributed by atoms with Crippen molar-refractivity contribution in [1.29, 1.82) is 0 Å². The Bertz CT molecular complexity index is 745. The Morgan fingerprint density at radius 1 is 1.23 bits per heavy atom. The number of rotatable bonds is 6. The van der Waals surface area contributed by atoms with Gasteiger partial charge in [-0.3, -0.25) is 0 Å². The van der Waals surface area contributed by atoms with Crippen molar-refractivity contribution in [2.45, 2.75) is 44.1 Å². The van der Waals surface area contributed by atoms with Gasteiger partial charge in [0.1, 0.15) is 0 Å². The fraction of sp³-hybridized carbons (Fsp3) is 0.400. The molecule has 0 saturated heterocycles. The quantitative estimate of drug-likeness (QED) is 0.682. The molecule has 0 spiro atoms. The number of anilines is 1. The normalized spacial score (nSPS) is 15.5. The molecule has 0 aliphatic heterocycles. The van der Waals surface area contributed by atoms with Crippen molar-refractivity contribution in [3.05, 3.63) is 53.2 Å². The van der Waals surface area contributed by atoms with E-state index in [-0.39, 0.29) is 5.54 Å². The summed E-state index contributed by atoms with van der Waals surface area (Å²) in [6.07, 6.45) is 8.38. The molecule has 1 aliphatic rings. The lowest BCUT2D eigenvalue weighted by molar-refractivity contribution is 0.362. The van der Waals surface area contributed by atoms with E-state index in [1.165, 1.54) is 18.4 Å². The van der Waals surface area contributed by atoms with Gasteiger partial charge in [-0.1, -0.05) is 42.6 Å². The third-order valence-corrected chi connectivity index (χ3v) is 5.55. The fourth-order valence-electron chi connectivity index (χ4n) is 3.54. The maximum absolute atomic E-state index is 6.32. The molecular formula is C20H24ClN3OS. The molecule has 2 N–H and O–H groups in total. The minimum absolute atomic E-state index is 0.0309. The maximum atomic E-state index is 6.32. The average Bonchev–Trinajstić information content (AvgIpc) is 3.10. The summed E-state index contributed by atoms with van der Waals surface area (Å²) >= 11 is 11.9. The topological polar surface area (TPSA) is 46.2 Å². The second-order valence-electron chi connectivity index (χ2n) is 6.75. The minimum atomic E-state index is 0.0309. The van der Waals surface area contributed by atoms with Crippen LogP contribution in [-0.4, -0.2) is 22.7 Å². The monoisotopic (exact) mass is 389 g/mol. The second-order valence-corrected chi connectivity index (χ2v) is 7.56. The molecule has 4 nitrogen and oxygen atoms in total. The first kappa shape index (κ1) is 18.9. The van der Waals surface area contributed by atoms with Crippen molar-refractivity contribution in [3.8, 4) is 5.88 Å². The average molecular weight is 390 g/mol. The first-order valence-corrected chi connectivity index (χ1v) is 9.71. The van der Waals surface area contributed by atoms with E-state index >= 15 is 0 Å². The standard InChI is InChI=1S/C20H24ClN3OS/c1-25-18-9-8-16(14-22-18)23-19(26)24-20(11-4-5-12-20)13-10-15-6-2-3-7-17(15)21/h2-3,6-9,14H,4-5,10-13H2,1H3,(H2,23,24,26). The summed E-state index contributed by atoms with van der Waals surface area (Å²) in [4.78, 5) is 4.20. The molecular weight excluding hydrogens is 366 g/mol. The number of aryl methyl sites for hydroxylation is 1. The van der Waals surface area contributed by atoms with E-state index in [0.29, 0.717) is 11.0 Å². The SMILES string of the molecule is COc1ccc(NC(=S)NC2(CCc3ccccc3Cl)CCCC2)cn1. The van der Waals surface area contributed by atoms with Gasteiger partial charge < -0.3 is 15.4 Å². The van der Waals surface area contributed by atoms with Crippen molar-refractivity contribution >= 4 is 34.6 Å². The first-order valence-electron chi connectivity index (χ1n) is 8.93.